The smallest absolute Gasteiger partial charge is 0.148 e. The Morgan fingerprint density at radius 1 is 1.33 bits per heavy atom. The molecule has 0 unspecified atom stereocenters. The number of hydrogen-bond donors (Lipinski definition) is 2. The van der Waals surface area contributed by atoms with Crippen LogP contribution in [0.15, 0.2) is 30.5 Å². The molecule has 2 aromatic heterocycles. The molecule has 4 heteroatoms. The van der Waals surface area contributed by atoms with Crippen molar-refractivity contribution in [3.8, 4) is 11.4 Å². The van der Waals surface area contributed by atoms with Crippen LogP contribution in [0.5, 0.6) is 0 Å². The zero-order chi connectivity index (χ0) is 10.7. The fraction of sp³-hybridized carbons (Fsp3) is 0.273. The van der Waals surface area contributed by atoms with Gasteiger partial charge in [-0.1, -0.05) is 6.07 Å². The van der Waals surface area contributed by atoms with Crippen molar-refractivity contribution in [3.63, 3.8) is 0 Å². The highest BCUT2D eigenvalue weighted by molar-refractivity contribution is 5.58. The van der Waals surface area contributed by atoms with Crippen LogP contribution < -0.4 is 5.32 Å². The molecule has 0 aliphatic heterocycles. The van der Waals surface area contributed by atoms with E-state index in [9.17, 15) is 0 Å². The lowest BCUT2D eigenvalue weighted by atomic mass is 10.3. The molecule has 0 saturated carbocycles. The molecule has 0 saturated heterocycles. The predicted molar refractivity (Wildman–Crippen MR) is 60.6 cm³/mol. The number of nitrogens with one attached hydrogen (secondary N) is 2. The van der Waals surface area contributed by atoms with Gasteiger partial charge in [0.2, 0.25) is 0 Å². The standard InChI is InChI=1S/C11H14N4/c1-8(2)13-11-7-10(14-15-11)9-5-3-4-6-12-9/h3-8H,1-2H3,(H2,13,14,15). The third-order valence-corrected chi connectivity index (χ3v) is 1.96. The fourth-order valence-corrected chi connectivity index (χ4v) is 1.34. The Morgan fingerprint density at radius 3 is 2.87 bits per heavy atom. The summed E-state index contributed by atoms with van der Waals surface area (Å²) < 4.78 is 0. The van der Waals surface area contributed by atoms with Gasteiger partial charge in [0.05, 0.1) is 11.4 Å². The van der Waals surface area contributed by atoms with E-state index in [4.69, 9.17) is 0 Å². The minimum absolute atomic E-state index is 0.380. The topological polar surface area (TPSA) is 53.6 Å². The lowest BCUT2D eigenvalue weighted by molar-refractivity contribution is 0.884. The summed E-state index contributed by atoms with van der Waals surface area (Å²) in [6.07, 6.45) is 1.77. The van der Waals surface area contributed by atoms with Gasteiger partial charge in [0.25, 0.3) is 0 Å². The Balaban J connectivity index is 2.21. The van der Waals surface area contributed by atoms with E-state index in [2.05, 4.69) is 34.3 Å². The van der Waals surface area contributed by atoms with Crippen LogP contribution in [0.2, 0.25) is 0 Å². The van der Waals surface area contributed by atoms with E-state index in [1.165, 1.54) is 0 Å². The second-order valence-corrected chi connectivity index (χ2v) is 3.68. The summed E-state index contributed by atoms with van der Waals surface area (Å²) in [6.45, 7) is 4.16. The molecule has 0 spiro atoms. The molecule has 78 valence electrons. The zero-order valence-corrected chi connectivity index (χ0v) is 8.86. The van der Waals surface area contributed by atoms with E-state index in [0.29, 0.717) is 6.04 Å². The summed E-state index contributed by atoms with van der Waals surface area (Å²) in [5, 5.41) is 10.3. The Morgan fingerprint density at radius 2 is 2.20 bits per heavy atom. The van der Waals surface area contributed by atoms with Crippen LogP contribution >= 0.6 is 0 Å². The number of hydrogen-bond acceptors (Lipinski definition) is 3. The van der Waals surface area contributed by atoms with Gasteiger partial charge < -0.3 is 5.32 Å². The SMILES string of the molecule is CC(C)Nc1cc(-c2ccccn2)[nH]n1. The Labute approximate surface area is 88.8 Å². The second kappa shape index (κ2) is 4.13. The number of pyridine rings is 1. The predicted octanol–water partition coefficient (Wildman–Crippen LogP) is 2.29. The number of nitrogens with zero attached hydrogens (tertiary/aromatic N) is 2. The molecule has 0 aliphatic carbocycles. The lowest BCUT2D eigenvalue weighted by Crippen LogP contribution is -2.09. The normalized spacial score (nSPS) is 10.6. The van der Waals surface area contributed by atoms with Gasteiger partial charge in [-0.2, -0.15) is 5.10 Å². The van der Waals surface area contributed by atoms with Crippen LogP contribution in [0.3, 0.4) is 0 Å². The van der Waals surface area contributed by atoms with Crippen LogP contribution in [0, 0.1) is 0 Å². The van der Waals surface area contributed by atoms with E-state index in [-0.39, 0.29) is 0 Å². The summed E-state index contributed by atoms with van der Waals surface area (Å²) in [5.41, 5.74) is 1.83. The summed E-state index contributed by atoms with van der Waals surface area (Å²) in [7, 11) is 0. The maximum Gasteiger partial charge on any atom is 0.148 e. The number of H-pyrrole nitrogens is 1. The molecular weight excluding hydrogens is 188 g/mol. The summed E-state index contributed by atoms with van der Waals surface area (Å²) in [4.78, 5) is 4.24. The van der Waals surface area contributed by atoms with Gasteiger partial charge in [0.15, 0.2) is 0 Å². The molecule has 0 aromatic carbocycles. The van der Waals surface area contributed by atoms with Crippen molar-refractivity contribution < 1.29 is 0 Å². The molecule has 0 fully saturated rings. The van der Waals surface area contributed by atoms with Gasteiger partial charge in [0.1, 0.15) is 5.82 Å². The summed E-state index contributed by atoms with van der Waals surface area (Å²) in [5.74, 6) is 0.852. The van der Waals surface area contributed by atoms with Gasteiger partial charge in [-0.05, 0) is 26.0 Å². The minimum atomic E-state index is 0.380. The first kappa shape index (κ1) is 9.71. The van der Waals surface area contributed by atoms with Crippen molar-refractivity contribution in [2.24, 2.45) is 0 Å². The third kappa shape index (κ3) is 2.34. The Bertz CT molecular complexity index is 419. The van der Waals surface area contributed by atoms with Gasteiger partial charge in [-0.15, -0.1) is 0 Å². The van der Waals surface area contributed by atoms with Crippen LogP contribution in [-0.2, 0) is 0 Å². The Kier molecular flexibility index (Phi) is 2.67. The summed E-state index contributed by atoms with van der Waals surface area (Å²) >= 11 is 0. The van der Waals surface area contributed by atoms with Gasteiger partial charge in [-0.3, -0.25) is 10.1 Å². The van der Waals surface area contributed by atoms with E-state index in [0.717, 1.165) is 17.2 Å². The van der Waals surface area contributed by atoms with Crippen molar-refractivity contribution in [3.05, 3.63) is 30.5 Å². The van der Waals surface area contributed by atoms with E-state index >= 15 is 0 Å². The number of aromatic amines is 1. The molecule has 0 bridgehead atoms. The molecule has 2 rings (SSSR count). The second-order valence-electron chi connectivity index (χ2n) is 3.68. The van der Waals surface area contributed by atoms with Gasteiger partial charge >= 0.3 is 0 Å². The van der Waals surface area contributed by atoms with E-state index in [1.54, 1.807) is 6.20 Å². The number of rotatable bonds is 3. The van der Waals surface area contributed by atoms with Gasteiger partial charge in [-0.25, -0.2) is 0 Å². The summed E-state index contributed by atoms with van der Waals surface area (Å²) in [6, 6.07) is 8.14. The lowest BCUT2D eigenvalue weighted by Gasteiger charge is -2.04. The average molecular weight is 202 g/mol. The molecule has 15 heavy (non-hydrogen) atoms. The molecule has 2 aromatic rings. The third-order valence-electron chi connectivity index (χ3n) is 1.96. The highest BCUT2D eigenvalue weighted by Crippen LogP contribution is 2.16. The highest BCUT2D eigenvalue weighted by atomic mass is 15.2. The fourth-order valence-electron chi connectivity index (χ4n) is 1.34. The van der Waals surface area contributed by atoms with Crippen LogP contribution in [-0.4, -0.2) is 21.2 Å². The molecule has 0 amide bonds. The molecule has 2 N–H and O–H groups in total. The van der Waals surface area contributed by atoms with E-state index in [1.807, 2.05) is 24.3 Å². The van der Waals surface area contributed by atoms with Crippen LogP contribution in [0.4, 0.5) is 5.82 Å². The monoisotopic (exact) mass is 202 g/mol. The van der Waals surface area contributed by atoms with Crippen molar-refractivity contribution >= 4 is 5.82 Å². The van der Waals surface area contributed by atoms with Gasteiger partial charge in [0, 0.05) is 18.3 Å². The molecule has 0 atom stereocenters. The molecule has 0 aliphatic rings. The first-order valence-corrected chi connectivity index (χ1v) is 4.99. The largest absolute Gasteiger partial charge is 0.366 e. The molecular formula is C11H14N4. The average Bonchev–Trinajstić information content (AvgIpc) is 2.67. The van der Waals surface area contributed by atoms with Crippen LogP contribution in [0.25, 0.3) is 11.4 Å². The van der Waals surface area contributed by atoms with Crippen LogP contribution in [0.1, 0.15) is 13.8 Å². The number of anilines is 1. The van der Waals surface area contributed by atoms with E-state index < -0.39 is 0 Å². The molecule has 2 heterocycles. The maximum absolute atomic E-state index is 4.24. The van der Waals surface area contributed by atoms with Crippen molar-refractivity contribution in [2.45, 2.75) is 19.9 Å². The van der Waals surface area contributed by atoms with Crippen molar-refractivity contribution in [1.82, 2.24) is 15.2 Å². The molecule has 4 nitrogen and oxygen atoms in total. The van der Waals surface area contributed by atoms with Crippen molar-refractivity contribution in [2.75, 3.05) is 5.32 Å². The quantitative estimate of drug-likeness (QED) is 0.802. The molecule has 0 radical (unpaired) electrons. The first-order valence-electron chi connectivity index (χ1n) is 4.99. The highest BCUT2D eigenvalue weighted by Gasteiger charge is 2.04. The Hall–Kier alpha value is -1.84. The van der Waals surface area contributed by atoms with Crippen molar-refractivity contribution in [1.29, 1.82) is 0 Å². The first-order chi connectivity index (χ1) is 7.25. The maximum atomic E-state index is 4.24. The zero-order valence-electron chi connectivity index (χ0n) is 8.86. The number of aromatic nitrogens is 3. The minimum Gasteiger partial charge on any atom is -0.366 e.